The van der Waals surface area contributed by atoms with Crippen molar-refractivity contribution in [3.8, 4) is 5.75 Å². The Morgan fingerprint density at radius 1 is 0.775 bits per heavy atom. The summed E-state index contributed by atoms with van der Waals surface area (Å²) in [5.74, 6) is -2.44. The standard InChI is InChI=1S/C29H35NO10/c1-6-20-7-9-21(10-8-20)13-22-11-12-23(30)14-24(22)39-29-28(38-19(5)34)27(37-18(4)33)26(36-17(3)32)25(40-29)15-35-16(2)31/h7-12,14,25-29H,6,13,15,30H2,1-5H3/t25-,26-,27+,28-,29?/m1/s1. The van der Waals surface area contributed by atoms with Crippen LogP contribution < -0.4 is 10.5 Å². The minimum atomic E-state index is -1.36. The lowest BCUT2D eigenvalue weighted by Crippen LogP contribution is -2.63. The normalized spacial score (nSPS) is 22.1. The fourth-order valence-corrected chi connectivity index (χ4v) is 4.35. The first kappa shape index (κ1) is 30.4. The van der Waals surface area contributed by atoms with E-state index in [-0.39, 0.29) is 6.61 Å². The Labute approximate surface area is 232 Å². The predicted octanol–water partition coefficient (Wildman–Crippen LogP) is 2.88. The number of rotatable bonds is 10. The van der Waals surface area contributed by atoms with Gasteiger partial charge in [0.1, 0.15) is 18.5 Å². The molecule has 11 nitrogen and oxygen atoms in total. The number of nitrogen functional groups attached to an aromatic ring is 1. The quantitative estimate of drug-likeness (QED) is 0.261. The van der Waals surface area contributed by atoms with Gasteiger partial charge >= 0.3 is 23.9 Å². The topological polar surface area (TPSA) is 150 Å². The number of esters is 4. The summed E-state index contributed by atoms with van der Waals surface area (Å²) < 4.78 is 33.8. The van der Waals surface area contributed by atoms with Crippen LogP contribution in [0.3, 0.4) is 0 Å². The molecule has 2 aromatic carbocycles. The number of ether oxygens (including phenoxy) is 6. The molecule has 1 aliphatic rings. The van der Waals surface area contributed by atoms with E-state index in [1.54, 1.807) is 12.1 Å². The molecule has 216 valence electrons. The molecule has 1 unspecified atom stereocenters. The average Bonchev–Trinajstić information content (AvgIpc) is 2.87. The molecule has 0 radical (unpaired) electrons. The van der Waals surface area contributed by atoms with Gasteiger partial charge in [-0.05, 0) is 29.2 Å². The number of aryl methyl sites for hydroxylation is 1. The van der Waals surface area contributed by atoms with Crippen LogP contribution in [-0.2, 0) is 55.7 Å². The zero-order valence-corrected chi connectivity index (χ0v) is 23.2. The Hall–Kier alpha value is -4.12. The monoisotopic (exact) mass is 557 g/mol. The van der Waals surface area contributed by atoms with Gasteiger partial charge in [-0.1, -0.05) is 37.3 Å². The molecule has 11 heteroatoms. The summed E-state index contributed by atoms with van der Waals surface area (Å²) in [5.41, 5.74) is 9.46. The summed E-state index contributed by atoms with van der Waals surface area (Å²) in [5, 5.41) is 0. The van der Waals surface area contributed by atoms with Crippen molar-refractivity contribution in [1.82, 2.24) is 0 Å². The van der Waals surface area contributed by atoms with E-state index < -0.39 is 54.6 Å². The van der Waals surface area contributed by atoms with E-state index in [0.717, 1.165) is 31.4 Å². The van der Waals surface area contributed by atoms with Crippen molar-refractivity contribution in [2.75, 3.05) is 12.3 Å². The lowest BCUT2D eigenvalue weighted by atomic mass is 9.97. The van der Waals surface area contributed by atoms with Crippen molar-refractivity contribution in [2.45, 2.75) is 78.2 Å². The van der Waals surface area contributed by atoms with E-state index in [1.165, 1.54) is 19.4 Å². The summed E-state index contributed by atoms with van der Waals surface area (Å²) in [4.78, 5) is 47.7. The van der Waals surface area contributed by atoms with Gasteiger partial charge in [-0.3, -0.25) is 19.2 Å². The largest absolute Gasteiger partial charge is 0.463 e. The second-order valence-corrected chi connectivity index (χ2v) is 9.40. The van der Waals surface area contributed by atoms with E-state index in [9.17, 15) is 19.2 Å². The molecular formula is C29H35NO10. The van der Waals surface area contributed by atoms with Gasteiger partial charge < -0.3 is 34.2 Å². The smallest absolute Gasteiger partial charge is 0.303 e. The molecular weight excluding hydrogens is 522 g/mol. The van der Waals surface area contributed by atoms with E-state index in [1.807, 2.05) is 30.3 Å². The Bertz CT molecular complexity index is 1210. The molecule has 0 saturated carbocycles. The van der Waals surface area contributed by atoms with Gasteiger partial charge in [-0.15, -0.1) is 0 Å². The molecule has 0 amide bonds. The number of anilines is 1. The molecule has 1 fully saturated rings. The molecule has 1 saturated heterocycles. The first-order valence-corrected chi connectivity index (χ1v) is 12.9. The van der Waals surface area contributed by atoms with Crippen molar-refractivity contribution < 1.29 is 47.6 Å². The summed E-state index contributed by atoms with van der Waals surface area (Å²) in [6.45, 7) is 6.40. The van der Waals surface area contributed by atoms with Crippen LogP contribution in [0.2, 0.25) is 0 Å². The van der Waals surface area contributed by atoms with Gasteiger partial charge in [0.15, 0.2) is 12.2 Å². The molecule has 1 heterocycles. The number of hydrogen-bond acceptors (Lipinski definition) is 11. The summed E-state index contributed by atoms with van der Waals surface area (Å²) in [6, 6.07) is 13.3. The first-order valence-electron chi connectivity index (χ1n) is 12.9. The van der Waals surface area contributed by atoms with Crippen LogP contribution in [0.5, 0.6) is 5.75 Å². The van der Waals surface area contributed by atoms with Crippen molar-refractivity contribution in [3.05, 3.63) is 59.2 Å². The second-order valence-electron chi connectivity index (χ2n) is 9.40. The number of nitrogens with two attached hydrogens (primary N) is 1. The highest BCUT2D eigenvalue weighted by atomic mass is 16.7. The maximum atomic E-state index is 12.1. The van der Waals surface area contributed by atoms with E-state index in [4.69, 9.17) is 34.2 Å². The van der Waals surface area contributed by atoms with Gasteiger partial charge in [0, 0.05) is 45.9 Å². The van der Waals surface area contributed by atoms with Crippen LogP contribution in [0.15, 0.2) is 42.5 Å². The molecule has 1 aliphatic heterocycles. The van der Waals surface area contributed by atoms with Crippen molar-refractivity contribution in [1.29, 1.82) is 0 Å². The maximum absolute atomic E-state index is 12.1. The fourth-order valence-electron chi connectivity index (χ4n) is 4.35. The lowest BCUT2D eigenvalue weighted by molar-refractivity contribution is -0.288. The Balaban J connectivity index is 2.01. The van der Waals surface area contributed by atoms with Crippen LogP contribution in [0, 0.1) is 0 Å². The zero-order chi connectivity index (χ0) is 29.4. The third-order valence-corrected chi connectivity index (χ3v) is 6.11. The Morgan fingerprint density at radius 2 is 1.35 bits per heavy atom. The van der Waals surface area contributed by atoms with Crippen LogP contribution in [0.25, 0.3) is 0 Å². The van der Waals surface area contributed by atoms with E-state index in [2.05, 4.69) is 6.92 Å². The fraction of sp³-hybridized carbons (Fsp3) is 0.448. The molecule has 3 rings (SSSR count). The Kier molecular flexibility index (Phi) is 10.5. The first-order chi connectivity index (χ1) is 19.0. The molecule has 5 atom stereocenters. The number of hydrogen-bond donors (Lipinski definition) is 1. The van der Waals surface area contributed by atoms with Gasteiger partial charge in [-0.2, -0.15) is 0 Å². The minimum Gasteiger partial charge on any atom is -0.463 e. The highest BCUT2D eigenvalue weighted by molar-refractivity contribution is 5.68. The van der Waals surface area contributed by atoms with Crippen LogP contribution in [0.1, 0.15) is 51.3 Å². The molecule has 2 N–H and O–H groups in total. The molecule has 2 aromatic rings. The highest BCUT2D eigenvalue weighted by Crippen LogP contribution is 2.33. The second kappa shape index (κ2) is 13.8. The van der Waals surface area contributed by atoms with Crippen molar-refractivity contribution in [2.24, 2.45) is 0 Å². The lowest BCUT2D eigenvalue weighted by Gasteiger charge is -2.44. The van der Waals surface area contributed by atoms with E-state index >= 15 is 0 Å². The molecule has 0 spiro atoms. The molecule has 0 bridgehead atoms. The van der Waals surface area contributed by atoms with Gasteiger partial charge in [0.2, 0.25) is 12.4 Å². The van der Waals surface area contributed by atoms with Crippen molar-refractivity contribution >= 4 is 29.6 Å². The number of carbonyl (C=O) groups is 4. The van der Waals surface area contributed by atoms with Crippen molar-refractivity contribution in [3.63, 3.8) is 0 Å². The van der Waals surface area contributed by atoms with Crippen LogP contribution >= 0.6 is 0 Å². The molecule has 0 aliphatic carbocycles. The van der Waals surface area contributed by atoms with Gasteiger partial charge in [0.25, 0.3) is 0 Å². The van der Waals surface area contributed by atoms with Crippen LogP contribution in [-0.4, -0.2) is 61.2 Å². The third-order valence-electron chi connectivity index (χ3n) is 6.11. The average molecular weight is 558 g/mol. The van der Waals surface area contributed by atoms with Gasteiger partial charge in [-0.25, -0.2) is 0 Å². The van der Waals surface area contributed by atoms with Crippen LogP contribution in [0.4, 0.5) is 5.69 Å². The summed E-state index contributed by atoms with van der Waals surface area (Å²) in [7, 11) is 0. The number of carbonyl (C=O) groups excluding carboxylic acids is 4. The maximum Gasteiger partial charge on any atom is 0.303 e. The zero-order valence-electron chi connectivity index (χ0n) is 23.2. The highest BCUT2D eigenvalue weighted by Gasteiger charge is 2.53. The summed E-state index contributed by atoms with van der Waals surface area (Å²) in [6.07, 6.45) is -5.04. The minimum absolute atomic E-state index is 0.334. The van der Waals surface area contributed by atoms with Gasteiger partial charge in [0.05, 0.1) is 0 Å². The third kappa shape index (κ3) is 8.44. The number of benzene rings is 2. The SMILES string of the molecule is CCc1ccc(Cc2ccc(N)cc2OC2O[C@H](COC(C)=O)[C@@H](OC(C)=O)[C@H](OC(C)=O)[C@H]2OC(C)=O)cc1. The summed E-state index contributed by atoms with van der Waals surface area (Å²) >= 11 is 0. The molecule has 40 heavy (non-hydrogen) atoms. The molecule has 0 aromatic heterocycles. The Morgan fingerprint density at radius 3 is 1.93 bits per heavy atom. The predicted molar refractivity (Wildman–Crippen MR) is 142 cm³/mol. The van der Waals surface area contributed by atoms with E-state index in [0.29, 0.717) is 17.9 Å².